The van der Waals surface area contributed by atoms with Gasteiger partial charge in [0.25, 0.3) is 0 Å². The summed E-state index contributed by atoms with van der Waals surface area (Å²) >= 11 is 0. The molecule has 1 N–H and O–H groups in total. The molecule has 2 heteroatoms. The molecule has 2 nitrogen and oxygen atoms in total. The lowest BCUT2D eigenvalue weighted by Crippen LogP contribution is -2.46. The second-order valence-corrected chi connectivity index (χ2v) is 6.69. The molecule has 0 spiro atoms. The van der Waals surface area contributed by atoms with Gasteiger partial charge in [0.15, 0.2) is 0 Å². The zero-order chi connectivity index (χ0) is 11.8. The van der Waals surface area contributed by atoms with Gasteiger partial charge in [0.2, 0.25) is 0 Å². The standard InChI is InChI=1S/C15H24N2/c1-10(9-16)17-3-2-15-13-5-11-4-12(7-13)8-14(15)6-11/h10-15,17H,2-8H2,1H3. The Morgan fingerprint density at radius 2 is 1.71 bits per heavy atom. The SMILES string of the molecule is CC(C#N)NCCC1C2CC3CC(C2)CC1C3. The Kier molecular flexibility index (Phi) is 3.13. The number of nitrogens with one attached hydrogen (secondary N) is 1. The van der Waals surface area contributed by atoms with Gasteiger partial charge in [-0.1, -0.05) is 0 Å². The van der Waals surface area contributed by atoms with Crippen molar-refractivity contribution in [2.24, 2.45) is 29.6 Å². The lowest BCUT2D eigenvalue weighted by molar-refractivity contribution is -0.0393. The first kappa shape index (κ1) is 11.5. The zero-order valence-corrected chi connectivity index (χ0v) is 10.9. The van der Waals surface area contributed by atoms with Crippen molar-refractivity contribution in [3.8, 4) is 6.07 Å². The van der Waals surface area contributed by atoms with Crippen LogP contribution in [-0.4, -0.2) is 12.6 Å². The van der Waals surface area contributed by atoms with Crippen LogP contribution in [0.3, 0.4) is 0 Å². The molecule has 4 rings (SSSR count). The van der Waals surface area contributed by atoms with Crippen LogP contribution in [-0.2, 0) is 0 Å². The molecular weight excluding hydrogens is 208 g/mol. The van der Waals surface area contributed by atoms with Gasteiger partial charge in [-0.05, 0) is 81.6 Å². The second kappa shape index (κ2) is 4.61. The quantitative estimate of drug-likeness (QED) is 0.809. The molecule has 4 aliphatic carbocycles. The van der Waals surface area contributed by atoms with E-state index < -0.39 is 0 Å². The summed E-state index contributed by atoms with van der Waals surface area (Å²) in [6.07, 6.45) is 8.93. The number of nitriles is 1. The maximum absolute atomic E-state index is 8.76. The van der Waals surface area contributed by atoms with Gasteiger partial charge in [0.05, 0.1) is 12.1 Å². The molecule has 0 aliphatic heterocycles. The third kappa shape index (κ3) is 2.22. The van der Waals surface area contributed by atoms with Gasteiger partial charge in [0, 0.05) is 0 Å². The molecule has 0 saturated heterocycles. The topological polar surface area (TPSA) is 35.8 Å². The van der Waals surface area contributed by atoms with E-state index in [1.165, 1.54) is 32.1 Å². The van der Waals surface area contributed by atoms with Gasteiger partial charge in [-0.15, -0.1) is 0 Å². The van der Waals surface area contributed by atoms with E-state index >= 15 is 0 Å². The van der Waals surface area contributed by atoms with Gasteiger partial charge in [-0.25, -0.2) is 0 Å². The van der Waals surface area contributed by atoms with Crippen molar-refractivity contribution in [3.63, 3.8) is 0 Å². The van der Waals surface area contributed by atoms with Crippen molar-refractivity contribution < 1.29 is 0 Å². The van der Waals surface area contributed by atoms with E-state index in [0.717, 1.165) is 36.1 Å². The predicted molar refractivity (Wildman–Crippen MR) is 68.2 cm³/mol. The van der Waals surface area contributed by atoms with Crippen LogP contribution in [0, 0.1) is 40.9 Å². The summed E-state index contributed by atoms with van der Waals surface area (Å²) in [7, 11) is 0. The van der Waals surface area contributed by atoms with Crippen LogP contribution in [0.1, 0.15) is 45.4 Å². The van der Waals surface area contributed by atoms with Crippen LogP contribution in [0.25, 0.3) is 0 Å². The van der Waals surface area contributed by atoms with Gasteiger partial charge in [-0.3, -0.25) is 0 Å². The summed E-state index contributed by atoms with van der Waals surface area (Å²) in [5, 5.41) is 12.1. The summed E-state index contributed by atoms with van der Waals surface area (Å²) in [4.78, 5) is 0. The molecule has 17 heavy (non-hydrogen) atoms. The lowest BCUT2D eigenvalue weighted by atomic mass is 9.51. The molecule has 4 fully saturated rings. The third-order valence-corrected chi connectivity index (χ3v) is 5.54. The highest BCUT2D eigenvalue weighted by Gasteiger charge is 2.47. The van der Waals surface area contributed by atoms with Gasteiger partial charge < -0.3 is 5.32 Å². The Bertz CT molecular complexity index is 289. The first-order valence-electron chi connectivity index (χ1n) is 7.39. The highest BCUT2D eigenvalue weighted by molar-refractivity contribution is 4.98. The molecule has 94 valence electrons. The van der Waals surface area contributed by atoms with E-state index in [1.54, 1.807) is 6.42 Å². The highest BCUT2D eigenvalue weighted by atomic mass is 14.9. The van der Waals surface area contributed by atoms with Gasteiger partial charge in [-0.2, -0.15) is 5.26 Å². The van der Waals surface area contributed by atoms with Crippen LogP contribution in [0.15, 0.2) is 0 Å². The fourth-order valence-corrected chi connectivity index (χ4v) is 5.02. The molecule has 4 bridgehead atoms. The zero-order valence-electron chi connectivity index (χ0n) is 10.9. The molecule has 4 saturated carbocycles. The molecule has 0 aromatic heterocycles. The van der Waals surface area contributed by atoms with Crippen LogP contribution in [0.2, 0.25) is 0 Å². The molecular formula is C15H24N2. The first-order chi connectivity index (χ1) is 8.26. The number of nitrogens with zero attached hydrogens (tertiary/aromatic N) is 1. The van der Waals surface area contributed by atoms with E-state index in [4.69, 9.17) is 5.26 Å². The molecule has 0 heterocycles. The summed E-state index contributed by atoms with van der Waals surface area (Å²) in [6, 6.07) is 2.28. The smallest absolute Gasteiger partial charge is 0.0924 e. The van der Waals surface area contributed by atoms with Crippen molar-refractivity contribution in [2.75, 3.05) is 6.54 Å². The van der Waals surface area contributed by atoms with E-state index in [9.17, 15) is 0 Å². The monoisotopic (exact) mass is 232 g/mol. The molecule has 1 atom stereocenters. The second-order valence-electron chi connectivity index (χ2n) is 6.69. The minimum absolute atomic E-state index is 0.0202. The van der Waals surface area contributed by atoms with Crippen LogP contribution in [0.5, 0.6) is 0 Å². The van der Waals surface area contributed by atoms with Crippen LogP contribution < -0.4 is 5.32 Å². The highest BCUT2D eigenvalue weighted by Crippen LogP contribution is 2.57. The van der Waals surface area contributed by atoms with E-state index in [-0.39, 0.29) is 6.04 Å². The number of hydrogen-bond acceptors (Lipinski definition) is 2. The Labute approximate surface area is 105 Å². The summed E-state index contributed by atoms with van der Waals surface area (Å²) < 4.78 is 0. The minimum Gasteiger partial charge on any atom is -0.302 e. The fraction of sp³-hybridized carbons (Fsp3) is 0.933. The molecule has 1 unspecified atom stereocenters. The fourth-order valence-electron chi connectivity index (χ4n) is 5.02. The predicted octanol–water partition coefficient (Wildman–Crippen LogP) is 2.95. The largest absolute Gasteiger partial charge is 0.302 e. The Hall–Kier alpha value is -0.550. The van der Waals surface area contributed by atoms with Gasteiger partial charge in [0.1, 0.15) is 0 Å². The first-order valence-corrected chi connectivity index (χ1v) is 7.39. The van der Waals surface area contributed by atoms with Crippen molar-refractivity contribution in [1.82, 2.24) is 5.32 Å². The lowest BCUT2D eigenvalue weighted by Gasteiger charge is -2.54. The van der Waals surface area contributed by atoms with Crippen LogP contribution in [0.4, 0.5) is 0 Å². The average molecular weight is 232 g/mol. The van der Waals surface area contributed by atoms with Crippen molar-refractivity contribution >= 4 is 0 Å². The minimum atomic E-state index is 0.0202. The van der Waals surface area contributed by atoms with E-state index in [0.29, 0.717) is 0 Å². The van der Waals surface area contributed by atoms with Gasteiger partial charge >= 0.3 is 0 Å². The Morgan fingerprint density at radius 1 is 1.12 bits per heavy atom. The maximum atomic E-state index is 8.76. The van der Waals surface area contributed by atoms with E-state index in [2.05, 4.69) is 11.4 Å². The normalized spacial score (nSPS) is 44.6. The molecule has 0 aromatic carbocycles. The Balaban J connectivity index is 1.53. The summed E-state index contributed by atoms with van der Waals surface area (Å²) in [5.41, 5.74) is 0. The molecule has 0 aromatic rings. The molecule has 0 radical (unpaired) electrons. The summed E-state index contributed by atoms with van der Waals surface area (Å²) in [6.45, 7) is 3.00. The van der Waals surface area contributed by atoms with Crippen molar-refractivity contribution in [3.05, 3.63) is 0 Å². The average Bonchev–Trinajstić information content (AvgIpc) is 2.31. The van der Waals surface area contributed by atoms with Crippen molar-refractivity contribution in [1.29, 1.82) is 5.26 Å². The number of hydrogen-bond donors (Lipinski definition) is 1. The maximum Gasteiger partial charge on any atom is 0.0924 e. The van der Waals surface area contributed by atoms with Crippen LogP contribution >= 0.6 is 0 Å². The third-order valence-electron chi connectivity index (χ3n) is 5.54. The molecule has 4 aliphatic rings. The van der Waals surface area contributed by atoms with E-state index in [1.807, 2.05) is 6.92 Å². The summed E-state index contributed by atoms with van der Waals surface area (Å²) in [5.74, 6) is 5.21. The molecule has 0 amide bonds. The number of rotatable bonds is 4. The Morgan fingerprint density at radius 3 is 2.24 bits per heavy atom. The van der Waals surface area contributed by atoms with Crippen molar-refractivity contribution in [2.45, 2.75) is 51.5 Å².